The van der Waals surface area contributed by atoms with Crippen molar-refractivity contribution in [3.63, 3.8) is 0 Å². The third-order valence-electron chi connectivity index (χ3n) is 5.15. The van der Waals surface area contributed by atoms with E-state index >= 15 is 0 Å². The molecule has 0 amide bonds. The smallest absolute Gasteiger partial charge is 0.249 e. The number of hydrogen-bond donors (Lipinski definition) is 0. The van der Waals surface area contributed by atoms with Crippen molar-refractivity contribution in [1.82, 2.24) is 9.29 Å². The van der Waals surface area contributed by atoms with Crippen molar-refractivity contribution in [2.24, 2.45) is 0 Å². The average Bonchev–Trinajstić information content (AvgIpc) is 3.32. The molecule has 1 aliphatic rings. The summed E-state index contributed by atoms with van der Waals surface area (Å²) >= 11 is 1.33. The van der Waals surface area contributed by atoms with Gasteiger partial charge < -0.3 is 9.64 Å². The maximum atomic E-state index is 14.1. The van der Waals surface area contributed by atoms with Crippen LogP contribution in [0.15, 0.2) is 34.5 Å². The molecule has 2 heterocycles. The van der Waals surface area contributed by atoms with Crippen molar-refractivity contribution in [3.8, 4) is 17.0 Å². The van der Waals surface area contributed by atoms with Gasteiger partial charge in [-0.1, -0.05) is 0 Å². The molecule has 33 heavy (non-hydrogen) atoms. The molecule has 0 unspecified atom stereocenters. The first-order valence-corrected chi connectivity index (χ1v) is 11.8. The monoisotopic (exact) mass is 505 g/mol. The van der Waals surface area contributed by atoms with E-state index < -0.39 is 44.0 Å². The fraction of sp³-hybridized carbons (Fsp3) is 0.250. The van der Waals surface area contributed by atoms with Gasteiger partial charge >= 0.3 is 0 Å². The molecule has 0 radical (unpaired) electrons. The summed E-state index contributed by atoms with van der Waals surface area (Å²) in [6.07, 6.45) is 0. The van der Waals surface area contributed by atoms with Crippen molar-refractivity contribution in [3.05, 3.63) is 58.7 Å². The van der Waals surface area contributed by atoms with Crippen LogP contribution in [0, 0.1) is 29.1 Å². The number of piperazine rings is 1. The number of hydrogen-bond acceptors (Lipinski definition) is 6. The van der Waals surface area contributed by atoms with E-state index in [9.17, 15) is 30.4 Å². The third kappa shape index (κ3) is 4.15. The van der Waals surface area contributed by atoms with Crippen molar-refractivity contribution in [2.75, 3.05) is 38.2 Å². The van der Waals surface area contributed by atoms with E-state index in [1.807, 2.05) is 17.5 Å². The molecule has 0 bridgehead atoms. The number of sulfonamides is 1. The minimum absolute atomic E-state index is 0.115. The molecule has 0 saturated carbocycles. The Bertz CT molecular complexity index is 1260. The molecular formula is C20H16F5N3O3S2. The molecular weight excluding hydrogens is 489 g/mol. The molecule has 0 aliphatic carbocycles. The van der Waals surface area contributed by atoms with Crippen LogP contribution < -0.4 is 9.64 Å². The Hall–Kier alpha value is -2.77. The van der Waals surface area contributed by atoms with E-state index in [2.05, 4.69) is 4.98 Å². The van der Waals surface area contributed by atoms with Gasteiger partial charge in [0.25, 0.3) is 0 Å². The molecule has 3 aromatic rings. The first-order chi connectivity index (χ1) is 15.6. The van der Waals surface area contributed by atoms with Crippen LogP contribution in [0.5, 0.6) is 5.75 Å². The van der Waals surface area contributed by atoms with Gasteiger partial charge in [-0.3, -0.25) is 0 Å². The van der Waals surface area contributed by atoms with Crippen LogP contribution in [0.4, 0.5) is 27.1 Å². The number of thiazole rings is 1. The molecule has 1 fully saturated rings. The zero-order chi connectivity index (χ0) is 23.9. The summed E-state index contributed by atoms with van der Waals surface area (Å²) < 4.78 is 99.6. The molecule has 13 heteroatoms. The molecule has 1 aliphatic heterocycles. The van der Waals surface area contributed by atoms with Crippen LogP contribution in [0.3, 0.4) is 0 Å². The minimum Gasteiger partial charge on any atom is -0.497 e. The van der Waals surface area contributed by atoms with Crippen LogP contribution in [0.25, 0.3) is 11.3 Å². The van der Waals surface area contributed by atoms with Crippen LogP contribution in [-0.2, 0) is 10.0 Å². The van der Waals surface area contributed by atoms with E-state index in [1.54, 1.807) is 24.1 Å². The lowest BCUT2D eigenvalue weighted by atomic mass is 10.2. The molecule has 176 valence electrons. The normalized spacial score (nSPS) is 15.2. The Morgan fingerprint density at radius 3 is 1.97 bits per heavy atom. The summed E-state index contributed by atoms with van der Waals surface area (Å²) in [5.74, 6) is -11.1. The summed E-state index contributed by atoms with van der Waals surface area (Å²) in [5.41, 5.74) is 1.56. The zero-order valence-electron chi connectivity index (χ0n) is 17.0. The van der Waals surface area contributed by atoms with Gasteiger partial charge in [-0.05, 0) is 24.3 Å². The van der Waals surface area contributed by atoms with Gasteiger partial charge in [-0.2, -0.15) is 4.31 Å². The summed E-state index contributed by atoms with van der Waals surface area (Å²) in [7, 11) is -3.40. The molecule has 0 spiro atoms. The Morgan fingerprint density at radius 1 is 0.879 bits per heavy atom. The number of halogens is 5. The molecule has 4 rings (SSSR count). The lowest BCUT2D eigenvalue weighted by molar-refractivity contribution is 0.344. The lowest BCUT2D eigenvalue weighted by Crippen LogP contribution is -2.49. The van der Waals surface area contributed by atoms with Crippen LogP contribution >= 0.6 is 11.3 Å². The number of methoxy groups -OCH3 is 1. The SMILES string of the molecule is COc1ccc(-c2csc(N3CCN(S(=O)(=O)c4c(F)c(F)c(F)c(F)c4F)CC3)n2)cc1. The fourth-order valence-corrected chi connectivity index (χ4v) is 5.79. The Kier molecular flexibility index (Phi) is 6.29. The van der Waals surface area contributed by atoms with Gasteiger partial charge in [0.05, 0.1) is 12.8 Å². The largest absolute Gasteiger partial charge is 0.497 e. The van der Waals surface area contributed by atoms with E-state index in [4.69, 9.17) is 4.74 Å². The highest BCUT2D eigenvalue weighted by molar-refractivity contribution is 7.89. The maximum Gasteiger partial charge on any atom is 0.249 e. The highest BCUT2D eigenvalue weighted by atomic mass is 32.2. The average molecular weight is 505 g/mol. The van der Waals surface area contributed by atoms with Crippen LogP contribution in [0.2, 0.25) is 0 Å². The molecule has 1 saturated heterocycles. The molecule has 6 nitrogen and oxygen atoms in total. The highest BCUT2D eigenvalue weighted by Crippen LogP contribution is 2.32. The second-order valence-electron chi connectivity index (χ2n) is 7.03. The second kappa shape index (κ2) is 8.88. The molecule has 0 atom stereocenters. The van der Waals surface area contributed by atoms with Crippen molar-refractivity contribution < 1.29 is 35.1 Å². The number of benzene rings is 2. The van der Waals surface area contributed by atoms with Crippen molar-refractivity contribution in [2.45, 2.75) is 4.90 Å². The fourth-order valence-electron chi connectivity index (χ4n) is 3.36. The Balaban J connectivity index is 1.51. The lowest BCUT2D eigenvalue weighted by Gasteiger charge is -2.33. The quantitative estimate of drug-likeness (QED) is 0.298. The second-order valence-corrected chi connectivity index (χ2v) is 9.75. The van der Waals surface area contributed by atoms with Crippen LogP contribution in [0.1, 0.15) is 0 Å². The van der Waals surface area contributed by atoms with Gasteiger partial charge in [0, 0.05) is 37.1 Å². The summed E-state index contributed by atoms with van der Waals surface area (Å²) in [5, 5.41) is 2.43. The zero-order valence-corrected chi connectivity index (χ0v) is 18.6. The number of ether oxygens (including phenoxy) is 1. The third-order valence-corrected chi connectivity index (χ3v) is 7.98. The van der Waals surface area contributed by atoms with Crippen molar-refractivity contribution >= 4 is 26.5 Å². The first-order valence-electron chi connectivity index (χ1n) is 9.51. The first kappa shape index (κ1) is 23.4. The van der Waals surface area contributed by atoms with E-state index in [1.165, 1.54) is 11.3 Å². The summed E-state index contributed by atoms with van der Waals surface area (Å²) in [4.78, 5) is 4.48. The molecule has 0 N–H and O–H groups in total. The van der Waals surface area contributed by atoms with Gasteiger partial charge in [-0.25, -0.2) is 35.4 Å². The number of rotatable bonds is 5. The van der Waals surface area contributed by atoms with Crippen LogP contribution in [-0.4, -0.2) is 51.0 Å². The number of aromatic nitrogens is 1. The van der Waals surface area contributed by atoms with E-state index in [0.29, 0.717) is 20.9 Å². The summed E-state index contributed by atoms with van der Waals surface area (Å²) in [6, 6.07) is 7.26. The predicted molar refractivity (Wildman–Crippen MR) is 111 cm³/mol. The molecule has 2 aromatic carbocycles. The minimum atomic E-state index is -4.95. The standard InChI is InChI=1S/C20H16F5N3O3S2/c1-31-12-4-2-11(3-5-12)13-10-32-20(26-13)27-6-8-28(9-7-27)33(29,30)19-17(24)15(22)14(21)16(23)18(19)25/h2-5,10H,6-9H2,1H3. The van der Waals surface area contributed by atoms with E-state index in [0.717, 1.165) is 5.56 Å². The predicted octanol–water partition coefficient (Wildman–Crippen LogP) is 4.03. The Labute approximate surface area is 189 Å². The summed E-state index contributed by atoms with van der Waals surface area (Å²) in [6.45, 7) is -0.215. The highest BCUT2D eigenvalue weighted by Gasteiger charge is 2.38. The van der Waals surface area contributed by atoms with Gasteiger partial charge in [0.2, 0.25) is 15.8 Å². The van der Waals surface area contributed by atoms with Gasteiger partial charge in [-0.15, -0.1) is 11.3 Å². The number of anilines is 1. The van der Waals surface area contributed by atoms with Crippen molar-refractivity contribution in [1.29, 1.82) is 0 Å². The van der Waals surface area contributed by atoms with Gasteiger partial charge in [0.1, 0.15) is 5.75 Å². The topological polar surface area (TPSA) is 62.7 Å². The maximum absolute atomic E-state index is 14.1. The van der Waals surface area contributed by atoms with E-state index in [-0.39, 0.29) is 26.2 Å². The molecule has 1 aromatic heterocycles. The Morgan fingerprint density at radius 2 is 1.42 bits per heavy atom. The van der Waals surface area contributed by atoms with Gasteiger partial charge in [0.15, 0.2) is 33.3 Å². The number of nitrogens with zero attached hydrogens (tertiary/aromatic N) is 3.